The van der Waals surface area contributed by atoms with E-state index < -0.39 is 0 Å². The van der Waals surface area contributed by atoms with Crippen molar-refractivity contribution in [1.82, 2.24) is 4.57 Å². The number of nitrogens with zero attached hydrogens (tertiary/aromatic N) is 3. The maximum atomic E-state index is 9.57. The van der Waals surface area contributed by atoms with Gasteiger partial charge in [0, 0.05) is 21.8 Å². The van der Waals surface area contributed by atoms with Crippen LogP contribution in [0.2, 0.25) is 0 Å². The minimum atomic E-state index is -0.0148. The smallest absolute Gasteiger partial charge is 0.145 e. The second-order valence-electron chi connectivity index (χ2n) is 9.74. The highest BCUT2D eigenvalue weighted by Crippen LogP contribution is 2.41. The van der Waals surface area contributed by atoms with Gasteiger partial charge < -0.3 is 8.98 Å². The molecule has 0 aliphatic heterocycles. The predicted octanol–water partition coefficient (Wildman–Crippen LogP) is 7.72. The van der Waals surface area contributed by atoms with Crippen molar-refractivity contribution in [3.8, 4) is 17.8 Å². The van der Waals surface area contributed by atoms with Crippen LogP contribution in [0.4, 0.5) is 0 Å². The van der Waals surface area contributed by atoms with Gasteiger partial charge in [0.25, 0.3) is 0 Å². The summed E-state index contributed by atoms with van der Waals surface area (Å²) in [5, 5.41) is 23.4. The molecule has 0 aliphatic carbocycles. The summed E-state index contributed by atoms with van der Waals surface area (Å²) in [6, 6.07) is 28.5. The summed E-state index contributed by atoms with van der Waals surface area (Å²) in [5.41, 5.74) is 6.62. The summed E-state index contributed by atoms with van der Waals surface area (Å²) in [6.45, 7) is 6.62. The average Bonchev–Trinajstić information content (AvgIpc) is 3.38. The van der Waals surface area contributed by atoms with Crippen LogP contribution in [0.3, 0.4) is 0 Å². The Balaban J connectivity index is 1.83. The van der Waals surface area contributed by atoms with Crippen molar-refractivity contribution in [2.75, 3.05) is 0 Å². The number of aromatic nitrogens is 1. The zero-order valence-corrected chi connectivity index (χ0v) is 19.2. The highest BCUT2D eigenvalue weighted by Gasteiger charge is 2.21. The van der Waals surface area contributed by atoms with E-state index in [0.29, 0.717) is 11.1 Å². The molecule has 0 N–H and O–H groups in total. The van der Waals surface area contributed by atoms with Crippen molar-refractivity contribution in [3.63, 3.8) is 0 Å². The Morgan fingerprint density at radius 2 is 1.44 bits per heavy atom. The Morgan fingerprint density at radius 3 is 2.15 bits per heavy atom. The van der Waals surface area contributed by atoms with Crippen molar-refractivity contribution in [2.45, 2.75) is 26.2 Å². The van der Waals surface area contributed by atoms with Gasteiger partial charge in [-0.1, -0.05) is 45.0 Å². The van der Waals surface area contributed by atoms with Crippen molar-refractivity contribution in [1.29, 1.82) is 10.5 Å². The molecule has 6 rings (SSSR count). The molecule has 0 amide bonds. The lowest BCUT2D eigenvalue weighted by atomic mass is 9.86. The van der Waals surface area contributed by atoms with Gasteiger partial charge in [-0.25, -0.2) is 0 Å². The van der Waals surface area contributed by atoms with Gasteiger partial charge in [0.1, 0.15) is 11.2 Å². The van der Waals surface area contributed by atoms with Gasteiger partial charge in [0.15, 0.2) is 0 Å². The Bertz CT molecular complexity index is 1830. The van der Waals surface area contributed by atoms with Gasteiger partial charge in [-0.2, -0.15) is 10.5 Å². The Morgan fingerprint density at radius 1 is 0.735 bits per heavy atom. The molecule has 0 spiro atoms. The van der Waals surface area contributed by atoms with E-state index in [0.717, 1.165) is 49.4 Å². The second-order valence-corrected chi connectivity index (χ2v) is 9.74. The van der Waals surface area contributed by atoms with E-state index in [-0.39, 0.29) is 5.41 Å². The molecule has 2 aromatic heterocycles. The number of fused-ring (bicyclic) bond motifs is 7. The molecule has 0 atom stereocenters. The summed E-state index contributed by atoms with van der Waals surface area (Å²) in [7, 11) is 0. The minimum absolute atomic E-state index is 0.0148. The minimum Gasteiger partial charge on any atom is -0.455 e. The summed E-state index contributed by atoms with van der Waals surface area (Å²) in [5.74, 6) is 0. The van der Waals surface area contributed by atoms with E-state index in [4.69, 9.17) is 4.42 Å². The van der Waals surface area contributed by atoms with Crippen LogP contribution in [0, 0.1) is 22.7 Å². The van der Waals surface area contributed by atoms with Crippen LogP contribution in [-0.2, 0) is 5.41 Å². The molecule has 0 aliphatic rings. The average molecular weight is 440 g/mol. The van der Waals surface area contributed by atoms with Crippen LogP contribution < -0.4 is 0 Å². The van der Waals surface area contributed by atoms with Gasteiger partial charge in [-0.3, -0.25) is 0 Å². The predicted molar refractivity (Wildman–Crippen MR) is 136 cm³/mol. The van der Waals surface area contributed by atoms with Gasteiger partial charge in [0.2, 0.25) is 0 Å². The lowest BCUT2D eigenvalue weighted by molar-refractivity contribution is 0.591. The molecule has 4 nitrogen and oxygen atoms in total. The van der Waals surface area contributed by atoms with E-state index in [2.05, 4.69) is 73.9 Å². The fourth-order valence-electron chi connectivity index (χ4n) is 4.90. The van der Waals surface area contributed by atoms with Crippen LogP contribution in [0.25, 0.3) is 49.4 Å². The van der Waals surface area contributed by atoms with Crippen LogP contribution in [-0.4, -0.2) is 4.57 Å². The maximum absolute atomic E-state index is 9.57. The fourth-order valence-corrected chi connectivity index (χ4v) is 4.90. The number of hydrogen-bond donors (Lipinski definition) is 0. The monoisotopic (exact) mass is 439 g/mol. The summed E-state index contributed by atoms with van der Waals surface area (Å²) < 4.78 is 8.55. The third-order valence-electron chi connectivity index (χ3n) is 6.57. The molecule has 4 heteroatoms. The standard InChI is InChI=1S/C30H21N3O/c1-30(2,3)20-8-10-25-24(15-20)28-26(33(25)21-13-18(16-31)12-19(14-21)17-32)11-9-23-22-6-4-5-7-27(22)34-29(23)28/h4-15H,1-3H3. The summed E-state index contributed by atoms with van der Waals surface area (Å²) >= 11 is 0. The van der Waals surface area contributed by atoms with Crippen molar-refractivity contribution in [2.24, 2.45) is 0 Å². The van der Waals surface area contributed by atoms with Gasteiger partial charge in [-0.05, 0) is 59.5 Å². The molecule has 4 aromatic carbocycles. The highest BCUT2D eigenvalue weighted by molar-refractivity contribution is 6.23. The number of furan rings is 1. The molecule has 0 unspecified atom stereocenters. The number of benzene rings is 4. The fraction of sp³-hybridized carbons (Fsp3) is 0.133. The first kappa shape index (κ1) is 20.1. The molecule has 0 fully saturated rings. The van der Waals surface area contributed by atoms with Gasteiger partial charge in [-0.15, -0.1) is 0 Å². The van der Waals surface area contributed by atoms with Crippen molar-refractivity contribution >= 4 is 43.7 Å². The number of hydrogen-bond acceptors (Lipinski definition) is 3. The summed E-state index contributed by atoms with van der Waals surface area (Å²) in [6.07, 6.45) is 0. The van der Waals surface area contributed by atoms with Crippen LogP contribution in [0.15, 0.2) is 77.2 Å². The van der Waals surface area contributed by atoms with E-state index in [9.17, 15) is 10.5 Å². The van der Waals surface area contributed by atoms with Crippen molar-refractivity contribution in [3.05, 3.63) is 89.5 Å². The first-order valence-corrected chi connectivity index (χ1v) is 11.2. The maximum Gasteiger partial charge on any atom is 0.145 e. The third-order valence-corrected chi connectivity index (χ3v) is 6.57. The van der Waals surface area contributed by atoms with Gasteiger partial charge in [0.05, 0.1) is 39.7 Å². The largest absolute Gasteiger partial charge is 0.455 e. The molecule has 34 heavy (non-hydrogen) atoms. The first-order valence-electron chi connectivity index (χ1n) is 11.2. The zero-order chi connectivity index (χ0) is 23.6. The Kier molecular flexibility index (Phi) is 4.12. The lowest BCUT2D eigenvalue weighted by Crippen LogP contribution is -2.10. The van der Waals surface area contributed by atoms with E-state index >= 15 is 0 Å². The van der Waals surface area contributed by atoms with Crippen LogP contribution >= 0.6 is 0 Å². The molecular weight excluding hydrogens is 418 g/mol. The molecule has 0 radical (unpaired) electrons. The molecule has 2 heterocycles. The quantitative estimate of drug-likeness (QED) is 0.263. The van der Waals surface area contributed by atoms with Crippen LogP contribution in [0.1, 0.15) is 37.5 Å². The second kappa shape index (κ2) is 6.98. The topological polar surface area (TPSA) is 65.7 Å². The SMILES string of the molecule is CC(C)(C)c1ccc2c(c1)c1c3oc4ccccc4c3ccc1n2-c1cc(C#N)cc(C#N)c1. The molecular formula is C30H21N3O. The highest BCUT2D eigenvalue weighted by atomic mass is 16.3. The normalized spacial score (nSPS) is 11.9. The van der Waals surface area contributed by atoms with E-state index in [1.807, 2.05) is 30.3 Å². The Labute approximate surface area is 196 Å². The Hall–Kier alpha value is -4.54. The number of rotatable bonds is 1. The van der Waals surface area contributed by atoms with E-state index in [1.54, 1.807) is 6.07 Å². The molecule has 0 saturated carbocycles. The lowest BCUT2D eigenvalue weighted by Gasteiger charge is -2.19. The molecule has 6 aromatic rings. The molecule has 162 valence electrons. The van der Waals surface area contributed by atoms with E-state index in [1.165, 1.54) is 5.56 Å². The molecule has 0 saturated heterocycles. The molecule has 0 bridgehead atoms. The number of nitriles is 2. The zero-order valence-electron chi connectivity index (χ0n) is 19.2. The number of para-hydroxylation sites is 1. The van der Waals surface area contributed by atoms with Gasteiger partial charge >= 0.3 is 0 Å². The summed E-state index contributed by atoms with van der Waals surface area (Å²) in [4.78, 5) is 0. The first-order chi connectivity index (χ1) is 16.4. The van der Waals surface area contributed by atoms with Crippen molar-refractivity contribution < 1.29 is 4.42 Å². The third kappa shape index (κ3) is 2.83. The van der Waals surface area contributed by atoms with Crippen LogP contribution in [0.5, 0.6) is 0 Å².